The largest absolute Gasteiger partial charge is 0.496 e. The minimum atomic E-state index is -0.778. The van der Waals surface area contributed by atoms with Gasteiger partial charge in [0.2, 0.25) is 0 Å². The zero-order chi connectivity index (χ0) is 44.7. The highest BCUT2D eigenvalue weighted by Crippen LogP contribution is 2.45. The Morgan fingerprint density at radius 3 is 1.59 bits per heavy atom. The molecule has 0 aromatic heterocycles. The van der Waals surface area contributed by atoms with E-state index in [1.165, 1.54) is 11.1 Å². The minimum absolute atomic E-state index is 0.0333. The topological polar surface area (TPSA) is 178 Å². The third-order valence-corrected chi connectivity index (χ3v) is 14.8. The summed E-state index contributed by atoms with van der Waals surface area (Å²) in [7, 11) is 3.34. The van der Waals surface area contributed by atoms with Crippen molar-refractivity contribution in [2.75, 3.05) is 53.5 Å². The lowest BCUT2D eigenvalue weighted by Crippen LogP contribution is -2.27. The van der Waals surface area contributed by atoms with Gasteiger partial charge in [0, 0.05) is 36.2 Å². The molecular weight excluding hydrogens is 809 g/mol. The van der Waals surface area contributed by atoms with Gasteiger partial charge in [0.05, 0.1) is 32.0 Å². The van der Waals surface area contributed by atoms with Crippen LogP contribution in [-0.4, -0.2) is 86.7 Å². The lowest BCUT2D eigenvalue weighted by Gasteiger charge is -2.25. The first-order chi connectivity index (χ1) is 31.1. The number of carbonyl (C=O) groups is 3. The molecule has 0 amide bonds. The zero-order valence-corrected chi connectivity index (χ0v) is 37.2. The van der Waals surface area contributed by atoms with Crippen LogP contribution >= 0.6 is 0 Å². The second-order valence-corrected chi connectivity index (χ2v) is 18.6. The maximum Gasteiger partial charge on any atom is 0.307 e. The van der Waals surface area contributed by atoms with Crippen LogP contribution in [0.15, 0.2) is 89.8 Å². The maximum atomic E-state index is 12.6. The standard InChI is InChI=1S/C52H64N4O8/c1-63-48-11-6-31(23-43(50(57)58)35-13-17-53-28-35)20-38(48)26-46-40(41-10-9-34-8-5-33(22-42(34)41)25-45(52(61)62)37-15-19-55-30-37)4-3-16-56-47(46)27-39-21-32(7-12-49(39)64-2)24-44(51(59)60)36-14-18-54-29-36/h3-8,11-12,16,20-22,35-37,41,43-45,53-56H,9-10,13-15,17-19,23-30H2,1-2H3,(H,57,58)(H,59,60)(H,61,62)/t35-,36-,37-,41-,43-,44-,45-/m0/s1. The van der Waals surface area contributed by atoms with Gasteiger partial charge in [-0.2, -0.15) is 0 Å². The van der Waals surface area contributed by atoms with E-state index < -0.39 is 35.7 Å². The molecule has 340 valence electrons. The first-order valence-corrected chi connectivity index (χ1v) is 23.2. The lowest BCUT2D eigenvalue weighted by molar-refractivity contribution is -0.144. The van der Waals surface area contributed by atoms with Gasteiger partial charge < -0.3 is 46.1 Å². The third-order valence-electron chi connectivity index (χ3n) is 14.8. The number of aliphatic carboxylic acids is 3. The number of fused-ring (bicyclic) bond motifs is 1. The Balaban J connectivity index is 1.19. The number of ether oxygens (including phenoxy) is 2. The molecule has 3 fully saturated rings. The Kier molecular flexibility index (Phi) is 14.5. The number of hydrogen-bond acceptors (Lipinski definition) is 9. The number of nitrogens with one attached hydrogen (secondary N) is 4. The van der Waals surface area contributed by atoms with E-state index in [1.807, 2.05) is 30.5 Å². The van der Waals surface area contributed by atoms with Crippen LogP contribution in [0.1, 0.15) is 70.5 Å². The number of carboxylic acids is 3. The molecule has 4 aliphatic heterocycles. The van der Waals surface area contributed by atoms with Gasteiger partial charge in [0.15, 0.2) is 0 Å². The van der Waals surface area contributed by atoms with Crippen molar-refractivity contribution in [1.82, 2.24) is 21.3 Å². The SMILES string of the molecule is COc1ccc(C[C@H](C(=O)O)[C@H]2CCNC2)cc1CC1=C(Cc2cc(C[C@H](C(=O)O)[C@H]3CCNC3)ccc2OC)C([C@@H]2CCc3ccc(C[C@H](C(=O)O)[C@H]4CCNC4)cc32)=CC=CN1. The van der Waals surface area contributed by atoms with Crippen molar-refractivity contribution in [2.45, 2.75) is 70.1 Å². The number of hydrogen-bond donors (Lipinski definition) is 7. The van der Waals surface area contributed by atoms with Gasteiger partial charge in [-0.3, -0.25) is 14.4 Å². The normalized spacial score (nSPS) is 23.2. The molecule has 0 bridgehead atoms. The maximum absolute atomic E-state index is 12.6. The van der Waals surface area contributed by atoms with E-state index in [2.05, 4.69) is 63.8 Å². The zero-order valence-electron chi connectivity index (χ0n) is 37.2. The van der Waals surface area contributed by atoms with Crippen LogP contribution in [0.3, 0.4) is 0 Å². The van der Waals surface area contributed by atoms with Crippen molar-refractivity contribution in [1.29, 1.82) is 0 Å². The van der Waals surface area contributed by atoms with Gasteiger partial charge in [-0.1, -0.05) is 48.5 Å². The number of methoxy groups -OCH3 is 2. The number of benzene rings is 3. The van der Waals surface area contributed by atoms with Crippen molar-refractivity contribution >= 4 is 17.9 Å². The second-order valence-electron chi connectivity index (χ2n) is 18.6. The molecule has 0 unspecified atom stereocenters. The number of aryl methyl sites for hydroxylation is 1. The Morgan fingerprint density at radius 2 is 1.12 bits per heavy atom. The summed E-state index contributed by atoms with van der Waals surface area (Å²) in [5, 5.41) is 44.7. The van der Waals surface area contributed by atoms with Gasteiger partial charge in [-0.25, -0.2) is 0 Å². The summed E-state index contributed by atoms with van der Waals surface area (Å²) in [6.45, 7) is 4.61. The first-order valence-electron chi connectivity index (χ1n) is 23.2. The number of carboxylic acid groups (broad SMARTS) is 3. The van der Waals surface area contributed by atoms with E-state index in [0.29, 0.717) is 50.9 Å². The predicted octanol–water partition coefficient (Wildman–Crippen LogP) is 6.07. The molecule has 3 aromatic rings. The smallest absolute Gasteiger partial charge is 0.307 e. The summed E-state index contributed by atoms with van der Waals surface area (Å²) in [6, 6.07) is 18.7. The summed E-state index contributed by atoms with van der Waals surface area (Å²) < 4.78 is 12.0. The van der Waals surface area contributed by atoms with Crippen LogP contribution < -0.4 is 30.7 Å². The van der Waals surface area contributed by atoms with Gasteiger partial charge >= 0.3 is 17.9 Å². The van der Waals surface area contributed by atoms with Crippen molar-refractivity contribution < 1.29 is 39.2 Å². The molecule has 12 heteroatoms. The Hall–Kier alpha value is -5.43. The minimum Gasteiger partial charge on any atom is -0.496 e. The third kappa shape index (κ3) is 10.2. The summed E-state index contributed by atoms with van der Waals surface area (Å²) >= 11 is 0. The molecule has 3 saturated heterocycles. The van der Waals surface area contributed by atoms with Crippen LogP contribution in [-0.2, 0) is 52.9 Å². The molecule has 0 spiro atoms. The average molecular weight is 873 g/mol. The quantitative estimate of drug-likeness (QED) is 0.0741. The van der Waals surface area contributed by atoms with Crippen LogP contribution in [0.2, 0.25) is 0 Å². The fourth-order valence-electron chi connectivity index (χ4n) is 11.2. The van der Waals surface area contributed by atoms with E-state index >= 15 is 0 Å². The number of rotatable bonds is 19. The molecule has 4 heterocycles. The van der Waals surface area contributed by atoms with Gasteiger partial charge in [0.1, 0.15) is 11.5 Å². The lowest BCUT2D eigenvalue weighted by atomic mass is 9.81. The van der Waals surface area contributed by atoms with E-state index in [-0.39, 0.29) is 23.7 Å². The molecule has 7 atom stereocenters. The van der Waals surface area contributed by atoms with Crippen LogP contribution in [0.5, 0.6) is 11.5 Å². The first kappa shape index (κ1) is 45.1. The number of allylic oxidation sites excluding steroid dienone is 5. The Morgan fingerprint density at radius 1 is 0.641 bits per heavy atom. The Labute approximate surface area is 376 Å². The van der Waals surface area contributed by atoms with Crippen LogP contribution in [0.4, 0.5) is 0 Å². The molecular formula is C52H64N4O8. The monoisotopic (exact) mass is 872 g/mol. The summed E-state index contributed by atoms with van der Waals surface area (Å²) in [5.74, 6) is -2.09. The summed E-state index contributed by atoms with van der Waals surface area (Å²) in [5.41, 5.74) is 10.5. The summed E-state index contributed by atoms with van der Waals surface area (Å²) in [4.78, 5) is 37.8. The van der Waals surface area contributed by atoms with Gasteiger partial charge in [0.25, 0.3) is 0 Å². The molecule has 12 nitrogen and oxygen atoms in total. The fourth-order valence-corrected chi connectivity index (χ4v) is 11.2. The van der Waals surface area contributed by atoms with E-state index in [1.54, 1.807) is 14.2 Å². The highest BCUT2D eigenvalue weighted by Gasteiger charge is 2.35. The van der Waals surface area contributed by atoms with E-state index in [9.17, 15) is 29.7 Å². The molecule has 5 aliphatic rings. The van der Waals surface area contributed by atoms with Crippen molar-refractivity contribution in [3.8, 4) is 11.5 Å². The highest BCUT2D eigenvalue weighted by molar-refractivity contribution is 5.72. The molecule has 1 aliphatic carbocycles. The second kappa shape index (κ2) is 20.6. The van der Waals surface area contributed by atoms with Gasteiger partial charge in [-0.05, 0) is 171 Å². The van der Waals surface area contributed by atoms with Crippen molar-refractivity contribution in [2.24, 2.45) is 35.5 Å². The molecule has 64 heavy (non-hydrogen) atoms. The molecule has 7 N–H and O–H groups in total. The van der Waals surface area contributed by atoms with Crippen molar-refractivity contribution in [3.05, 3.63) is 129 Å². The molecule has 0 saturated carbocycles. The van der Waals surface area contributed by atoms with Crippen LogP contribution in [0.25, 0.3) is 0 Å². The predicted molar refractivity (Wildman–Crippen MR) is 246 cm³/mol. The molecule has 8 rings (SSSR count). The average Bonchev–Trinajstić information content (AvgIpc) is 4.14. The molecule has 0 radical (unpaired) electrons. The van der Waals surface area contributed by atoms with Crippen molar-refractivity contribution in [3.63, 3.8) is 0 Å². The fraction of sp³-hybridized carbons (Fsp3) is 0.481. The van der Waals surface area contributed by atoms with E-state index in [4.69, 9.17) is 9.47 Å². The Bertz CT molecular complexity index is 2280. The van der Waals surface area contributed by atoms with E-state index in [0.717, 1.165) is 109 Å². The van der Waals surface area contributed by atoms with Gasteiger partial charge in [-0.15, -0.1) is 0 Å². The van der Waals surface area contributed by atoms with Crippen LogP contribution in [0, 0.1) is 35.5 Å². The highest BCUT2D eigenvalue weighted by atomic mass is 16.5. The molecule has 3 aromatic carbocycles. The summed E-state index contributed by atoms with van der Waals surface area (Å²) in [6.07, 6.45) is 12.8.